The smallest absolute Gasteiger partial charge is 0.331 e. The zero-order chi connectivity index (χ0) is 17.2. The van der Waals surface area contributed by atoms with Crippen LogP contribution in [0.15, 0.2) is 59.2 Å². The minimum atomic E-state index is -0.585. The fourth-order valence-electron chi connectivity index (χ4n) is 2.14. The van der Waals surface area contributed by atoms with Gasteiger partial charge in [-0.2, -0.15) is 0 Å². The van der Waals surface area contributed by atoms with E-state index in [9.17, 15) is 9.59 Å². The van der Waals surface area contributed by atoms with Crippen LogP contribution in [0.5, 0.6) is 0 Å². The molecular weight excluding hydrogens is 306 g/mol. The number of nitrogens with one attached hydrogen (secondary N) is 1. The molecule has 2 rings (SSSR count). The van der Waals surface area contributed by atoms with Gasteiger partial charge in [-0.15, -0.1) is 0 Å². The number of hydrogen-bond acceptors (Lipinski definition) is 4. The van der Waals surface area contributed by atoms with Gasteiger partial charge >= 0.3 is 5.97 Å². The molecule has 1 amide bonds. The van der Waals surface area contributed by atoms with E-state index >= 15 is 0 Å². The zero-order valence-electron chi connectivity index (χ0n) is 13.6. The summed E-state index contributed by atoms with van der Waals surface area (Å²) >= 11 is 0. The van der Waals surface area contributed by atoms with Crippen LogP contribution in [0.4, 0.5) is 0 Å². The molecule has 5 nitrogen and oxygen atoms in total. The second-order valence-electron chi connectivity index (χ2n) is 5.45. The third kappa shape index (κ3) is 6.52. The molecule has 0 unspecified atom stereocenters. The van der Waals surface area contributed by atoms with Crippen molar-refractivity contribution >= 4 is 18.0 Å². The normalized spacial score (nSPS) is 12.0. The molecule has 0 radical (unpaired) electrons. The van der Waals surface area contributed by atoms with Crippen molar-refractivity contribution in [1.82, 2.24) is 5.32 Å². The van der Waals surface area contributed by atoms with Gasteiger partial charge in [0.25, 0.3) is 5.91 Å². The quantitative estimate of drug-likeness (QED) is 0.598. The first-order valence-electron chi connectivity index (χ1n) is 7.85. The van der Waals surface area contributed by atoms with E-state index in [-0.39, 0.29) is 18.6 Å². The highest BCUT2D eigenvalue weighted by molar-refractivity contribution is 5.88. The van der Waals surface area contributed by atoms with Gasteiger partial charge in [0.1, 0.15) is 5.76 Å². The maximum absolute atomic E-state index is 11.8. The van der Waals surface area contributed by atoms with Crippen LogP contribution in [0.25, 0.3) is 6.08 Å². The Morgan fingerprint density at radius 3 is 2.71 bits per heavy atom. The van der Waals surface area contributed by atoms with E-state index in [1.165, 1.54) is 24.0 Å². The molecule has 1 heterocycles. The van der Waals surface area contributed by atoms with Gasteiger partial charge in [-0.25, -0.2) is 4.79 Å². The van der Waals surface area contributed by atoms with Crippen LogP contribution >= 0.6 is 0 Å². The highest BCUT2D eigenvalue weighted by atomic mass is 16.5. The number of esters is 1. The summed E-state index contributed by atoms with van der Waals surface area (Å²) in [6, 6.07) is 13.5. The summed E-state index contributed by atoms with van der Waals surface area (Å²) in [4.78, 5) is 23.3. The second-order valence-corrected chi connectivity index (χ2v) is 5.45. The van der Waals surface area contributed by atoms with Crippen LogP contribution in [-0.2, 0) is 20.7 Å². The summed E-state index contributed by atoms with van der Waals surface area (Å²) in [7, 11) is 0. The predicted molar refractivity (Wildman–Crippen MR) is 91.1 cm³/mol. The average molecular weight is 327 g/mol. The van der Waals surface area contributed by atoms with Gasteiger partial charge in [-0.1, -0.05) is 30.3 Å². The summed E-state index contributed by atoms with van der Waals surface area (Å²) in [6.07, 6.45) is 5.93. The van der Waals surface area contributed by atoms with Crippen LogP contribution < -0.4 is 5.32 Å². The lowest BCUT2D eigenvalue weighted by Gasteiger charge is -2.13. The molecule has 1 aromatic carbocycles. The van der Waals surface area contributed by atoms with Gasteiger partial charge in [0.05, 0.1) is 6.26 Å². The molecule has 24 heavy (non-hydrogen) atoms. The summed E-state index contributed by atoms with van der Waals surface area (Å²) in [5, 5.41) is 2.82. The number of ether oxygens (including phenoxy) is 1. The number of aryl methyl sites for hydroxylation is 1. The van der Waals surface area contributed by atoms with E-state index in [4.69, 9.17) is 9.15 Å². The molecule has 0 saturated heterocycles. The van der Waals surface area contributed by atoms with Crippen molar-refractivity contribution < 1.29 is 18.7 Å². The van der Waals surface area contributed by atoms with Crippen LogP contribution in [0.3, 0.4) is 0 Å². The number of benzene rings is 1. The molecule has 1 atom stereocenters. The average Bonchev–Trinajstić information content (AvgIpc) is 3.11. The zero-order valence-corrected chi connectivity index (χ0v) is 13.6. The van der Waals surface area contributed by atoms with Crippen LogP contribution in [0.1, 0.15) is 24.7 Å². The van der Waals surface area contributed by atoms with Gasteiger partial charge in [-0.05, 0) is 43.5 Å². The van der Waals surface area contributed by atoms with Crippen molar-refractivity contribution in [2.45, 2.75) is 25.8 Å². The number of rotatable bonds is 8. The molecule has 0 saturated carbocycles. The van der Waals surface area contributed by atoms with Gasteiger partial charge in [-0.3, -0.25) is 4.79 Å². The standard InChI is InChI=1S/C19H21NO4/c1-15(9-10-16-6-3-2-4-7-16)20-18(21)14-24-19(22)12-11-17-8-5-13-23-17/h2-8,11-13,15H,9-10,14H2,1H3,(H,20,21)/b12-11+/t15-/m1/s1. The first-order valence-corrected chi connectivity index (χ1v) is 7.85. The van der Waals surface area contributed by atoms with E-state index in [1.807, 2.05) is 25.1 Å². The van der Waals surface area contributed by atoms with Crippen molar-refractivity contribution in [3.8, 4) is 0 Å². The minimum Gasteiger partial charge on any atom is -0.465 e. The van der Waals surface area contributed by atoms with E-state index in [2.05, 4.69) is 17.4 Å². The van der Waals surface area contributed by atoms with E-state index in [0.29, 0.717) is 5.76 Å². The Balaban J connectivity index is 1.64. The fraction of sp³-hybridized carbons (Fsp3) is 0.263. The number of furan rings is 1. The molecule has 0 aliphatic rings. The Morgan fingerprint density at radius 2 is 2.00 bits per heavy atom. The maximum Gasteiger partial charge on any atom is 0.331 e. The number of carbonyl (C=O) groups is 2. The highest BCUT2D eigenvalue weighted by Crippen LogP contribution is 2.05. The molecule has 1 N–H and O–H groups in total. The molecule has 0 aliphatic heterocycles. The molecule has 0 bridgehead atoms. The van der Waals surface area contributed by atoms with E-state index < -0.39 is 5.97 Å². The predicted octanol–water partition coefficient (Wildman–Crippen LogP) is 2.97. The summed E-state index contributed by atoms with van der Waals surface area (Å²) < 4.78 is 9.94. The molecule has 0 fully saturated rings. The topological polar surface area (TPSA) is 68.5 Å². The van der Waals surface area contributed by atoms with Crippen LogP contribution in [0.2, 0.25) is 0 Å². The highest BCUT2D eigenvalue weighted by Gasteiger charge is 2.09. The first kappa shape index (κ1) is 17.5. The monoisotopic (exact) mass is 327 g/mol. The van der Waals surface area contributed by atoms with E-state index in [1.54, 1.807) is 12.1 Å². The molecule has 126 valence electrons. The van der Waals surface area contributed by atoms with Gasteiger partial charge in [0.2, 0.25) is 0 Å². The fourth-order valence-corrected chi connectivity index (χ4v) is 2.14. The Bertz CT molecular complexity index is 662. The third-order valence-electron chi connectivity index (χ3n) is 3.39. The largest absolute Gasteiger partial charge is 0.465 e. The van der Waals surface area contributed by atoms with Crippen molar-refractivity contribution in [3.63, 3.8) is 0 Å². The SMILES string of the molecule is C[C@H](CCc1ccccc1)NC(=O)COC(=O)/C=C/c1ccco1. The summed E-state index contributed by atoms with van der Waals surface area (Å²) in [6.45, 7) is 1.64. The first-order chi connectivity index (χ1) is 11.6. The molecule has 0 spiro atoms. The molecule has 1 aromatic heterocycles. The van der Waals surface area contributed by atoms with Crippen molar-refractivity contribution in [2.75, 3.05) is 6.61 Å². The lowest BCUT2D eigenvalue weighted by Crippen LogP contribution is -2.36. The third-order valence-corrected chi connectivity index (χ3v) is 3.39. The summed E-state index contributed by atoms with van der Waals surface area (Å²) in [5.41, 5.74) is 1.23. The summed E-state index contributed by atoms with van der Waals surface area (Å²) in [5.74, 6) is -0.347. The minimum absolute atomic E-state index is 0.00932. The lowest BCUT2D eigenvalue weighted by atomic mass is 10.1. The number of amides is 1. The maximum atomic E-state index is 11.8. The molecular formula is C19H21NO4. The van der Waals surface area contributed by atoms with E-state index in [0.717, 1.165) is 12.8 Å². The molecule has 5 heteroatoms. The molecule has 2 aromatic rings. The van der Waals surface area contributed by atoms with Gasteiger partial charge in [0.15, 0.2) is 6.61 Å². The van der Waals surface area contributed by atoms with Crippen molar-refractivity contribution in [3.05, 3.63) is 66.1 Å². The number of carbonyl (C=O) groups excluding carboxylic acids is 2. The van der Waals surface area contributed by atoms with Crippen molar-refractivity contribution in [2.24, 2.45) is 0 Å². The van der Waals surface area contributed by atoms with Crippen LogP contribution in [0, 0.1) is 0 Å². The Hall–Kier alpha value is -2.82. The molecule has 0 aliphatic carbocycles. The number of hydrogen-bond donors (Lipinski definition) is 1. The van der Waals surface area contributed by atoms with Crippen LogP contribution in [-0.4, -0.2) is 24.5 Å². The van der Waals surface area contributed by atoms with Gasteiger partial charge < -0.3 is 14.5 Å². The Labute approximate surface area is 141 Å². The van der Waals surface area contributed by atoms with Crippen molar-refractivity contribution in [1.29, 1.82) is 0 Å². The Morgan fingerprint density at radius 1 is 1.21 bits per heavy atom. The second kappa shape index (κ2) is 9.35. The lowest BCUT2D eigenvalue weighted by molar-refractivity contribution is -0.144. The Kier molecular flexibility index (Phi) is 6.83. The van der Waals surface area contributed by atoms with Gasteiger partial charge in [0, 0.05) is 12.1 Å².